The van der Waals surface area contributed by atoms with Gasteiger partial charge in [0.05, 0.1) is 5.56 Å². The third-order valence-electron chi connectivity index (χ3n) is 2.16. The van der Waals surface area contributed by atoms with Crippen LogP contribution in [0, 0.1) is 0 Å². The average molecular weight is 308 g/mol. The predicted octanol–water partition coefficient (Wildman–Crippen LogP) is 3.22. The van der Waals surface area contributed by atoms with Crippen LogP contribution in [0.5, 0.6) is 0 Å². The van der Waals surface area contributed by atoms with Crippen molar-refractivity contribution in [1.29, 1.82) is 0 Å². The van der Waals surface area contributed by atoms with Gasteiger partial charge in [-0.25, -0.2) is 4.98 Å². The summed E-state index contributed by atoms with van der Waals surface area (Å²) in [7, 11) is 0. The fourth-order valence-corrected chi connectivity index (χ4v) is 1.97. The molecule has 2 rings (SSSR count). The molecule has 0 saturated heterocycles. The molecule has 0 amide bonds. The van der Waals surface area contributed by atoms with E-state index >= 15 is 0 Å². The molecule has 0 spiro atoms. The molecule has 0 saturated carbocycles. The van der Waals surface area contributed by atoms with E-state index < -0.39 is 0 Å². The summed E-state index contributed by atoms with van der Waals surface area (Å²) in [4.78, 5) is 4.56. The average Bonchev–Trinajstić information content (AvgIpc) is 2.29. The van der Waals surface area contributed by atoms with E-state index in [1.54, 1.807) is 12.3 Å². The Morgan fingerprint density at radius 2 is 2.12 bits per heavy atom. The van der Waals surface area contributed by atoms with Gasteiger partial charge < -0.3 is 11.1 Å². The fourth-order valence-electron chi connectivity index (χ4n) is 1.41. The third kappa shape index (κ3) is 3.01. The number of pyridine rings is 1. The summed E-state index contributed by atoms with van der Waals surface area (Å²) in [6, 6.07) is 11.4. The molecule has 1 aromatic heterocycles. The van der Waals surface area contributed by atoms with Crippen molar-refractivity contribution in [2.24, 2.45) is 5.73 Å². The summed E-state index contributed by atoms with van der Waals surface area (Å²) >= 11 is 8.39. The lowest BCUT2D eigenvalue weighted by Crippen LogP contribution is -2.12. The maximum Gasteiger partial charge on any atom is 0.140 e. The maximum absolute atomic E-state index is 5.64. The molecule has 0 aliphatic carbocycles. The first-order valence-electron chi connectivity index (χ1n) is 4.94. The molecule has 3 N–H and O–H groups in total. The number of hydrogen-bond acceptors (Lipinski definition) is 3. The van der Waals surface area contributed by atoms with Gasteiger partial charge in [-0.15, -0.1) is 0 Å². The van der Waals surface area contributed by atoms with E-state index in [0.717, 1.165) is 15.7 Å². The molecule has 5 heteroatoms. The van der Waals surface area contributed by atoms with E-state index in [-0.39, 0.29) is 0 Å². The lowest BCUT2D eigenvalue weighted by molar-refractivity contribution is 1.29. The Morgan fingerprint density at radius 3 is 2.82 bits per heavy atom. The van der Waals surface area contributed by atoms with Crippen molar-refractivity contribution in [2.75, 3.05) is 5.32 Å². The molecule has 0 radical (unpaired) electrons. The first kappa shape index (κ1) is 12.0. The molecule has 0 bridgehead atoms. The molecule has 0 atom stereocenters. The lowest BCUT2D eigenvalue weighted by Gasteiger charge is -2.09. The van der Waals surface area contributed by atoms with Crippen LogP contribution in [-0.2, 0) is 0 Å². The van der Waals surface area contributed by atoms with E-state index in [9.17, 15) is 0 Å². The van der Waals surface area contributed by atoms with Crippen molar-refractivity contribution in [1.82, 2.24) is 4.98 Å². The summed E-state index contributed by atoms with van der Waals surface area (Å²) in [6.07, 6.45) is 1.70. The molecule has 17 heavy (non-hydrogen) atoms. The highest BCUT2D eigenvalue weighted by atomic mass is 79.9. The van der Waals surface area contributed by atoms with Gasteiger partial charge in [-0.05, 0) is 30.3 Å². The summed E-state index contributed by atoms with van der Waals surface area (Å²) in [6.45, 7) is 0. The zero-order valence-corrected chi connectivity index (χ0v) is 11.3. The molecule has 0 aliphatic heterocycles. The molecule has 86 valence electrons. The Bertz CT molecular complexity index is 557. The van der Waals surface area contributed by atoms with Crippen LogP contribution < -0.4 is 11.1 Å². The monoisotopic (exact) mass is 307 g/mol. The first-order valence-corrected chi connectivity index (χ1v) is 6.14. The number of aromatic nitrogens is 1. The fraction of sp³-hybridized carbons (Fsp3) is 0. The molecular weight excluding hydrogens is 298 g/mol. The predicted molar refractivity (Wildman–Crippen MR) is 77.5 cm³/mol. The minimum Gasteiger partial charge on any atom is -0.389 e. The van der Waals surface area contributed by atoms with Crippen LogP contribution in [0.3, 0.4) is 0 Å². The number of rotatable bonds is 3. The van der Waals surface area contributed by atoms with Crippen molar-refractivity contribution in [2.45, 2.75) is 0 Å². The van der Waals surface area contributed by atoms with Crippen LogP contribution in [0.2, 0.25) is 0 Å². The molecular formula is C12H10BrN3S. The number of benzene rings is 1. The standard InChI is InChI=1S/C12H10BrN3S/c13-8-3-1-4-9(7-8)16-12-10(11(14)17)5-2-6-15-12/h1-7H,(H2,14,17)(H,15,16). The second-order valence-electron chi connectivity index (χ2n) is 3.40. The number of hydrogen-bond donors (Lipinski definition) is 2. The lowest BCUT2D eigenvalue weighted by atomic mass is 10.2. The highest BCUT2D eigenvalue weighted by molar-refractivity contribution is 9.10. The molecule has 2 aromatic rings. The van der Waals surface area contributed by atoms with Gasteiger partial charge in [0.2, 0.25) is 0 Å². The zero-order valence-electron chi connectivity index (χ0n) is 8.85. The second-order valence-corrected chi connectivity index (χ2v) is 4.75. The van der Waals surface area contributed by atoms with Crippen LogP contribution in [-0.4, -0.2) is 9.97 Å². The minimum atomic E-state index is 0.329. The zero-order chi connectivity index (χ0) is 12.3. The van der Waals surface area contributed by atoms with E-state index in [0.29, 0.717) is 10.8 Å². The highest BCUT2D eigenvalue weighted by Crippen LogP contribution is 2.21. The van der Waals surface area contributed by atoms with Crippen LogP contribution >= 0.6 is 28.1 Å². The van der Waals surface area contributed by atoms with Gasteiger partial charge >= 0.3 is 0 Å². The van der Waals surface area contributed by atoms with Gasteiger partial charge in [0.25, 0.3) is 0 Å². The Kier molecular flexibility index (Phi) is 3.71. The summed E-state index contributed by atoms with van der Waals surface area (Å²) in [5.74, 6) is 0.665. The van der Waals surface area contributed by atoms with Crippen LogP contribution in [0.25, 0.3) is 0 Å². The smallest absolute Gasteiger partial charge is 0.140 e. The number of anilines is 2. The Hall–Kier alpha value is -1.46. The molecule has 3 nitrogen and oxygen atoms in total. The molecule has 1 aromatic carbocycles. The van der Waals surface area contributed by atoms with Gasteiger partial charge in [-0.1, -0.05) is 34.2 Å². The number of nitrogens with two attached hydrogens (primary N) is 1. The number of thiocarbonyl (C=S) groups is 1. The van der Waals surface area contributed by atoms with Gasteiger partial charge in [-0.3, -0.25) is 0 Å². The SMILES string of the molecule is NC(=S)c1cccnc1Nc1cccc(Br)c1. The normalized spacial score (nSPS) is 9.94. The Morgan fingerprint density at radius 1 is 1.29 bits per heavy atom. The largest absolute Gasteiger partial charge is 0.389 e. The Balaban J connectivity index is 2.33. The van der Waals surface area contributed by atoms with Crippen molar-refractivity contribution in [3.05, 3.63) is 52.6 Å². The molecule has 0 aliphatic rings. The maximum atomic E-state index is 5.64. The van der Waals surface area contributed by atoms with E-state index in [2.05, 4.69) is 26.2 Å². The summed E-state index contributed by atoms with van der Waals surface area (Å²) in [5, 5.41) is 3.19. The second kappa shape index (κ2) is 5.25. The van der Waals surface area contributed by atoms with Crippen LogP contribution in [0.4, 0.5) is 11.5 Å². The van der Waals surface area contributed by atoms with Crippen molar-refractivity contribution >= 4 is 44.6 Å². The van der Waals surface area contributed by atoms with E-state index in [4.69, 9.17) is 18.0 Å². The first-order chi connectivity index (χ1) is 8.16. The van der Waals surface area contributed by atoms with Crippen molar-refractivity contribution in [3.63, 3.8) is 0 Å². The summed E-state index contributed by atoms with van der Waals surface area (Å²) in [5.41, 5.74) is 7.31. The quantitative estimate of drug-likeness (QED) is 0.855. The molecule has 0 unspecified atom stereocenters. The van der Waals surface area contributed by atoms with Gasteiger partial charge in [0, 0.05) is 16.4 Å². The Labute approximate surface area is 113 Å². The van der Waals surface area contributed by atoms with Crippen LogP contribution in [0.1, 0.15) is 5.56 Å². The minimum absolute atomic E-state index is 0.329. The highest BCUT2D eigenvalue weighted by Gasteiger charge is 2.05. The third-order valence-corrected chi connectivity index (χ3v) is 2.87. The number of nitrogens with one attached hydrogen (secondary N) is 1. The molecule has 1 heterocycles. The van der Waals surface area contributed by atoms with Crippen LogP contribution in [0.15, 0.2) is 47.1 Å². The van der Waals surface area contributed by atoms with Gasteiger partial charge in [-0.2, -0.15) is 0 Å². The topological polar surface area (TPSA) is 50.9 Å². The van der Waals surface area contributed by atoms with Gasteiger partial charge in [0.1, 0.15) is 10.8 Å². The molecule has 0 fully saturated rings. The van der Waals surface area contributed by atoms with Crippen molar-refractivity contribution < 1.29 is 0 Å². The van der Waals surface area contributed by atoms with E-state index in [1.807, 2.05) is 30.3 Å². The van der Waals surface area contributed by atoms with Crippen molar-refractivity contribution in [3.8, 4) is 0 Å². The van der Waals surface area contributed by atoms with Gasteiger partial charge in [0.15, 0.2) is 0 Å². The number of nitrogens with zero attached hydrogens (tertiary/aromatic N) is 1. The number of halogens is 1. The van der Waals surface area contributed by atoms with E-state index in [1.165, 1.54) is 0 Å². The summed E-state index contributed by atoms with van der Waals surface area (Å²) < 4.78 is 0.996.